The van der Waals surface area contributed by atoms with Crippen molar-refractivity contribution in [2.75, 3.05) is 33.3 Å². The number of nitrogens with two attached hydrogens (primary N) is 1. The van der Waals surface area contributed by atoms with Gasteiger partial charge in [0.05, 0.1) is 7.11 Å². The number of rotatable bonds is 5. The van der Waals surface area contributed by atoms with Crippen LogP contribution in [0.3, 0.4) is 0 Å². The summed E-state index contributed by atoms with van der Waals surface area (Å²) in [5, 5.41) is 0. The van der Waals surface area contributed by atoms with E-state index >= 15 is 0 Å². The predicted octanol–water partition coefficient (Wildman–Crippen LogP) is 2.40. The van der Waals surface area contributed by atoms with E-state index in [1.165, 1.54) is 18.5 Å². The van der Waals surface area contributed by atoms with Crippen molar-refractivity contribution in [2.45, 2.75) is 31.6 Å². The van der Waals surface area contributed by atoms with Gasteiger partial charge in [-0.15, -0.1) is 0 Å². The van der Waals surface area contributed by atoms with Crippen LogP contribution in [0.1, 0.15) is 31.7 Å². The van der Waals surface area contributed by atoms with Crippen molar-refractivity contribution in [3.05, 3.63) is 29.8 Å². The van der Waals surface area contributed by atoms with Gasteiger partial charge < -0.3 is 15.4 Å². The zero-order valence-corrected chi connectivity index (χ0v) is 12.2. The van der Waals surface area contributed by atoms with Crippen LogP contribution in [-0.2, 0) is 5.41 Å². The Morgan fingerprint density at radius 2 is 1.84 bits per heavy atom. The summed E-state index contributed by atoms with van der Waals surface area (Å²) in [7, 11) is 1.71. The molecule has 1 heterocycles. The molecule has 106 valence electrons. The molecule has 19 heavy (non-hydrogen) atoms. The van der Waals surface area contributed by atoms with Crippen LogP contribution < -0.4 is 10.5 Å². The SMILES string of the molecule is CCCN1CCC(CN)(c2ccc(OC)cc2)CC1. The number of benzene rings is 1. The number of methoxy groups -OCH3 is 1. The average molecular weight is 262 g/mol. The highest BCUT2D eigenvalue weighted by molar-refractivity contribution is 5.33. The average Bonchev–Trinajstić information content (AvgIpc) is 2.49. The molecule has 0 unspecified atom stereocenters. The molecule has 2 N–H and O–H groups in total. The molecule has 0 atom stereocenters. The molecular formula is C16H26N2O. The number of piperidine rings is 1. The maximum atomic E-state index is 6.11. The summed E-state index contributed by atoms with van der Waals surface area (Å²) in [6.07, 6.45) is 3.56. The van der Waals surface area contributed by atoms with Crippen molar-refractivity contribution in [3.8, 4) is 5.75 Å². The third-order valence-electron chi connectivity index (χ3n) is 4.45. The van der Waals surface area contributed by atoms with E-state index in [4.69, 9.17) is 10.5 Å². The van der Waals surface area contributed by atoms with Crippen LogP contribution in [0.25, 0.3) is 0 Å². The second kappa shape index (κ2) is 6.40. The first kappa shape index (κ1) is 14.4. The Bertz CT molecular complexity index is 380. The highest BCUT2D eigenvalue weighted by atomic mass is 16.5. The molecule has 0 bridgehead atoms. The van der Waals surface area contributed by atoms with Gasteiger partial charge in [-0.25, -0.2) is 0 Å². The van der Waals surface area contributed by atoms with Crippen LogP contribution >= 0.6 is 0 Å². The molecule has 1 fully saturated rings. The van der Waals surface area contributed by atoms with E-state index in [0.717, 1.165) is 38.2 Å². The summed E-state index contributed by atoms with van der Waals surface area (Å²) in [6, 6.07) is 8.46. The van der Waals surface area contributed by atoms with Crippen molar-refractivity contribution in [2.24, 2.45) is 5.73 Å². The Balaban J connectivity index is 2.10. The smallest absolute Gasteiger partial charge is 0.118 e. The van der Waals surface area contributed by atoms with E-state index in [9.17, 15) is 0 Å². The van der Waals surface area contributed by atoms with Crippen molar-refractivity contribution < 1.29 is 4.74 Å². The molecular weight excluding hydrogens is 236 g/mol. The third kappa shape index (κ3) is 3.10. The van der Waals surface area contributed by atoms with Gasteiger partial charge in [-0.3, -0.25) is 0 Å². The fourth-order valence-corrected chi connectivity index (χ4v) is 3.08. The summed E-state index contributed by atoms with van der Waals surface area (Å²) in [5.41, 5.74) is 7.64. The summed E-state index contributed by atoms with van der Waals surface area (Å²) in [6.45, 7) is 6.52. The zero-order valence-electron chi connectivity index (χ0n) is 12.2. The van der Waals surface area contributed by atoms with Gasteiger partial charge in [-0.05, 0) is 56.6 Å². The topological polar surface area (TPSA) is 38.5 Å². The molecule has 3 nitrogen and oxygen atoms in total. The molecule has 2 rings (SSSR count). The number of likely N-dealkylation sites (tertiary alicyclic amines) is 1. The van der Waals surface area contributed by atoms with Crippen molar-refractivity contribution >= 4 is 0 Å². The molecule has 0 amide bonds. The van der Waals surface area contributed by atoms with Crippen LogP contribution in [0.5, 0.6) is 5.75 Å². The Kier molecular flexibility index (Phi) is 4.83. The molecule has 0 spiro atoms. The Labute approximate surface area is 116 Å². The van der Waals surface area contributed by atoms with Gasteiger partial charge in [0.25, 0.3) is 0 Å². The highest BCUT2D eigenvalue weighted by Crippen LogP contribution is 2.35. The fraction of sp³-hybridized carbons (Fsp3) is 0.625. The van der Waals surface area contributed by atoms with Crippen LogP contribution in [-0.4, -0.2) is 38.2 Å². The number of hydrogen-bond donors (Lipinski definition) is 1. The first-order valence-corrected chi connectivity index (χ1v) is 7.31. The molecule has 0 saturated carbocycles. The first-order chi connectivity index (χ1) is 9.24. The lowest BCUT2D eigenvalue weighted by molar-refractivity contribution is 0.162. The second-order valence-electron chi connectivity index (χ2n) is 5.55. The number of ether oxygens (including phenoxy) is 1. The van der Waals surface area contributed by atoms with Crippen LogP contribution in [0.2, 0.25) is 0 Å². The summed E-state index contributed by atoms with van der Waals surface area (Å²) in [4.78, 5) is 2.55. The van der Waals surface area contributed by atoms with E-state index < -0.39 is 0 Å². The van der Waals surface area contributed by atoms with Crippen molar-refractivity contribution in [3.63, 3.8) is 0 Å². The number of nitrogens with zero attached hydrogens (tertiary/aromatic N) is 1. The Morgan fingerprint density at radius 1 is 1.21 bits per heavy atom. The molecule has 1 aliphatic rings. The lowest BCUT2D eigenvalue weighted by Crippen LogP contribution is -2.46. The molecule has 0 radical (unpaired) electrons. The highest BCUT2D eigenvalue weighted by Gasteiger charge is 2.34. The molecule has 0 aromatic heterocycles. The van der Waals surface area contributed by atoms with E-state index in [1.807, 2.05) is 12.1 Å². The molecule has 1 saturated heterocycles. The van der Waals surface area contributed by atoms with E-state index in [1.54, 1.807) is 7.11 Å². The lowest BCUT2D eigenvalue weighted by atomic mass is 9.73. The maximum absolute atomic E-state index is 6.11. The lowest BCUT2D eigenvalue weighted by Gasteiger charge is -2.41. The van der Waals surface area contributed by atoms with E-state index in [0.29, 0.717) is 0 Å². The van der Waals surface area contributed by atoms with E-state index in [2.05, 4.69) is 24.0 Å². The third-order valence-corrected chi connectivity index (χ3v) is 4.45. The monoisotopic (exact) mass is 262 g/mol. The van der Waals surface area contributed by atoms with Gasteiger partial charge >= 0.3 is 0 Å². The van der Waals surface area contributed by atoms with Gasteiger partial charge in [0.1, 0.15) is 5.75 Å². The molecule has 1 aliphatic heterocycles. The summed E-state index contributed by atoms with van der Waals surface area (Å²) >= 11 is 0. The normalized spacial score (nSPS) is 19.3. The van der Waals surface area contributed by atoms with E-state index in [-0.39, 0.29) is 5.41 Å². The Hall–Kier alpha value is -1.06. The second-order valence-corrected chi connectivity index (χ2v) is 5.55. The fourth-order valence-electron chi connectivity index (χ4n) is 3.08. The Morgan fingerprint density at radius 3 is 2.32 bits per heavy atom. The van der Waals surface area contributed by atoms with Crippen molar-refractivity contribution in [1.29, 1.82) is 0 Å². The molecule has 1 aromatic carbocycles. The largest absolute Gasteiger partial charge is 0.497 e. The number of hydrogen-bond acceptors (Lipinski definition) is 3. The van der Waals surface area contributed by atoms with Gasteiger partial charge in [0.2, 0.25) is 0 Å². The van der Waals surface area contributed by atoms with Crippen LogP contribution in [0.15, 0.2) is 24.3 Å². The van der Waals surface area contributed by atoms with Crippen molar-refractivity contribution in [1.82, 2.24) is 4.90 Å². The van der Waals surface area contributed by atoms with Gasteiger partial charge in [-0.1, -0.05) is 19.1 Å². The minimum Gasteiger partial charge on any atom is -0.497 e. The summed E-state index contributed by atoms with van der Waals surface area (Å²) in [5.74, 6) is 0.916. The van der Waals surface area contributed by atoms with Gasteiger partial charge in [-0.2, -0.15) is 0 Å². The quantitative estimate of drug-likeness (QED) is 0.885. The zero-order chi connectivity index (χ0) is 13.7. The minimum atomic E-state index is 0.163. The van der Waals surface area contributed by atoms with Crippen LogP contribution in [0, 0.1) is 0 Å². The molecule has 0 aliphatic carbocycles. The first-order valence-electron chi connectivity index (χ1n) is 7.31. The predicted molar refractivity (Wildman–Crippen MR) is 79.7 cm³/mol. The van der Waals surface area contributed by atoms with Gasteiger partial charge in [0, 0.05) is 12.0 Å². The van der Waals surface area contributed by atoms with Crippen LogP contribution in [0.4, 0.5) is 0 Å². The summed E-state index contributed by atoms with van der Waals surface area (Å²) < 4.78 is 5.23. The minimum absolute atomic E-state index is 0.163. The van der Waals surface area contributed by atoms with Gasteiger partial charge in [0.15, 0.2) is 0 Å². The molecule has 3 heteroatoms. The standard InChI is InChI=1S/C16H26N2O/c1-3-10-18-11-8-16(13-17,9-12-18)14-4-6-15(19-2)7-5-14/h4-7H,3,8-13,17H2,1-2H3. The maximum Gasteiger partial charge on any atom is 0.118 e. The molecule has 1 aromatic rings.